The number of aryl methyl sites for hydroxylation is 1. The molecule has 0 radical (unpaired) electrons. The number of anilines is 1. The van der Waals surface area contributed by atoms with E-state index in [1.54, 1.807) is 7.11 Å². The Morgan fingerprint density at radius 2 is 1.95 bits per heavy atom. The molecule has 0 saturated heterocycles. The monoisotopic (exact) mass is 295 g/mol. The summed E-state index contributed by atoms with van der Waals surface area (Å²) >= 11 is 0. The molecule has 22 heavy (non-hydrogen) atoms. The van der Waals surface area contributed by atoms with Gasteiger partial charge in [-0.05, 0) is 42.8 Å². The van der Waals surface area contributed by atoms with E-state index in [2.05, 4.69) is 34.6 Å². The topological polar surface area (TPSA) is 60.2 Å². The number of nitrogens with zero attached hydrogens (tertiary/aromatic N) is 2. The van der Waals surface area contributed by atoms with Gasteiger partial charge in [0.1, 0.15) is 5.75 Å². The number of aromatic nitrogens is 2. The van der Waals surface area contributed by atoms with Gasteiger partial charge in [-0.1, -0.05) is 18.2 Å². The molecule has 5 nitrogen and oxygen atoms in total. The molecule has 0 amide bonds. The Balaban J connectivity index is 1.71. The minimum absolute atomic E-state index is 0.486. The molecule has 0 bridgehead atoms. The normalized spacial score (nSPS) is 10.5. The highest BCUT2D eigenvalue weighted by Gasteiger charge is 2.09. The van der Waals surface area contributed by atoms with Crippen molar-refractivity contribution in [3.63, 3.8) is 0 Å². The quantitative estimate of drug-likeness (QED) is 0.778. The maximum atomic E-state index is 5.68. The van der Waals surface area contributed by atoms with Crippen LogP contribution in [-0.4, -0.2) is 17.3 Å². The molecule has 0 aliphatic carbocycles. The summed E-state index contributed by atoms with van der Waals surface area (Å²) in [6.07, 6.45) is 0. The highest BCUT2D eigenvalue weighted by atomic mass is 16.5. The van der Waals surface area contributed by atoms with Gasteiger partial charge in [0, 0.05) is 11.3 Å². The van der Waals surface area contributed by atoms with Crippen molar-refractivity contribution in [2.45, 2.75) is 13.5 Å². The lowest BCUT2D eigenvalue weighted by atomic mass is 10.2. The smallest absolute Gasteiger partial charge is 0.247 e. The standard InChI is InChI=1S/C17H17N3O2/c1-12-5-3-7-14(9-12)18-11-16-19-20-17(22-16)13-6-4-8-15(10-13)21-2/h3-10,18H,11H2,1-2H3. The van der Waals surface area contributed by atoms with Crippen molar-refractivity contribution in [1.29, 1.82) is 0 Å². The molecule has 0 unspecified atom stereocenters. The van der Waals surface area contributed by atoms with Crippen molar-refractivity contribution in [2.75, 3.05) is 12.4 Å². The molecule has 112 valence electrons. The Bertz CT molecular complexity index is 768. The molecule has 0 spiro atoms. The lowest BCUT2D eigenvalue weighted by molar-refractivity contribution is 0.414. The van der Waals surface area contributed by atoms with Crippen LogP contribution >= 0.6 is 0 Å². The molecule has 3 aromatic rings. The van der Waals surface area contributed by atoms with Crippen LogP contribution < -0.4 is 10.1 Å². The molecule has 0 aliphatic heterocycles. The van der Waals surface area contributed by atoms with E-state index in [0.717, 1.165) is 17.0 Å². The van der Waals surface area contributed by atoms with Gasteiger partial charge in [0.05, 0.1) is 13.7 Å². The van der Waals surface area contributed by atoms with Crippen molar-refractivity contribution in [3.8, 4) is 17.2 Å². The van der Waals surface area contributed by atoms with Crippen LogP contribution in [0.5, 0.6) is 5.75 Å². The molecular formula is C17H17N3O2. The molecule has 1 N–H and O–H groups in total. The zero-order valence-corrected chi connectivity index (χ0v) is 12.5. The van der Waals surface area contributed by atoms with E-state index in [-0.39, 0.29) is 0 Å². The fourth-order valence-electron chi connectivity index (χ4n) is 2.13. The Morgan fingerprint density at radius 1 is 1.09 bits per heavy atom. The van der Waals surface area contributed by atoms with E-state index in [1.807, 2.05) is 36.4 Å². The van der Waals surface area contributed by atoms with Gasteiger partial charge in [-0.15, -0.1) is 10.2 Å². The second kappa shape index (κ2) is 6.30. The first-order valence-electron chi connectivity index (χ1n) is 7.02. The van der Waals surface area contributed by atoms with Gasteiger partial charge in [-0.3, -0.25) is 0 Å². The van der Waals surface area contributed by atoms with Crippen LogP contribution in [-0.2, 0) is 6.54 Å². The summed E-state index contributed by atoms with van der Waals surface area (Å²) in [7, 11) is 1.63. The Morgan fingerprint density at radius 3 is 2.77 bits per heavy atom. The van der Waals surface area contributed by atoms with Gasteiger partial charge in [-0.25, -0.2) is 0 Å². The molecule has 0 saturated carbocycles. The zero-order valence-electron chi connectivity index (χ0n) is 12.5. The average Bonchev–Trinajstić information content (AvgIpc) is 3.02. The van der Waals surface area contributed by atoms with E-state index in [9.17, 15) is 0 Å². The molecule has 1 heterocycles. The number of hydrogen-bond acceptors (Lipinski definition) is 5. The highest BCUT2D eigenvalue weighted by Crippen LogP contribution is 2.22. The van der Waals surface area contributed by atoms with Crippen LogP contribution in [0.25, 0.3) is 11.5 Å². The van der Waals surface area contributed by atoms with Gasteiger partial charge >= 0.3 is 0 Å². The zero-order chi connectivity index (χ0) is 15.4. The first kappa shape index (κ1) is 14.1. The predicted octanol–water partition coefficient (Wildman–Crippen LogP) is 3.67. The number of nitrogens with one attached hydrogen (secondary N) is 1. The molecule has 1 aromatic heterocycles. The second-order valence-corrected chi connectivity index (χ2v) is 4.96. The minimum atomic E-state index is 0.486. The van der Waals surface area contributed by atoms with E-state index < -0.39 is 0 Å². The summed E-state index contributed by atoms with van der Waals surface area (Å²) in [6.45, 7) is 2.54. The summed E-state index contributed by atoms with van der Waals surface area (Å²) in [5, 5.41) is 11.4. The van der Waals surface area contributed by atoms with Crippen molar-refractivity contribution in [2.24, 2.45) is 0 Å². The first-order chi connectivity index (χ1) is 10.7. The Hall–Kier alpha value is -2.82. The van der Waals surface area contributed by atoms with Crippen LogP contribution in [0.3, 0.4) is 0 Å². The number of ether oxygens (including phenoxy) is 1. The van der Waals surface area contributed by atoms with Crippen molar-refractivity contribution in [3.05, 3.63) is 60.0 Å². The minimum Gasteiger partial charge on any atom is -0.497 e. The highest BCUT2D eigenvalue weighted by molar-refractivity contribution is 5.55. The number of benzene rings is 2. The maximum absolute atomic E-state index is 5.68. The number of rotatable bonds is 5. The fraction of sp³-hybridized carbons (Fsp3) is 0.176. The van der Waals surface area contributed by atoms with Gasteiger partial charge in [0.2, 0.25) is 11.8 Å². The molecule has 0 aliphatic rings. The van der Waals surface area contributed by atoms with Crippen LogP contribution in [0.2, 0.25) is 0 Å². The van der Waals surface area contributed by atoms with E-state index in [1.165, 1.54) is 5.56 Å². The molecule has 5 heteroatoms. The van der Waals surface area contributed by atoms with E-state index in [4.69, 9.17) is 9.15 Å². The fourth-order valence-corrected chi connectivity index (χ4v) is 2.13. The largest absolute Gasteiger partial charge is 0.497 e. The summed E-state index contributed by atoms with van der Waals surface area (Å²) in [6, 6.07) is 15.7. The number of hydrogen-bond donors (Lipinski definition) is 1. The van der Waals surface area contributed by atoms with Crippen molar-refractivity contribution >= 4 is 5.69 Å². The van der Waals surface area contributed by atoms with Crippen molar-refractivity contribution in [1.82, 2.24) is 10.2 Å². The Labute approximate surface area is 129 Å². The van der Waals surface area contributed by atoms with Crippen LogP contribution in [0.15, 0.2) is 52.9 Å². The molecule has 2 aromatic carbocycles. The van der Waals surface area contributed by atoms with Crippen LogP contribution in [0, 0.1) is 6.92 Å². The third-order valence-corrected chi connectivity index (χ3v) is 3.25. The predicted molar refractivity (Wildman–Crippen MR) is 84.8 cm³/mol. The average molecular weight is 295 g/mol. The van der Waals surface area contributed by atoms with Gasteiger partial charge in [-0.2, -0.15) is 0 Å². The molecule has 0 atom stereocenters. The SMILES string of the molecule is COc1cccc(-c2nnc(CNc3cccc(C)c3)o2)c1. The summed E-state index contributed by atoms with van der Waals surface area (Å²) in [5.74, 6) is 1.79. The van der Waals surface area contributed by atoms with Gasteiger partial charge in [0.25, 0.3) is 0 Å². The lowest BCUT2D eigenvalue weighted by Gasteiger charge is -2.04. The second-order valence-electron chi connectivity index (χ2n) is 4.96. The maximum Gasteiger partial charge on any atom is 0.247 e. The molecule has 3 rings (SSSR count). The van der Waals surface area contributed by atoms with Gasteiger partial charge < -0.3 is 14.5 Å². The third kappa shape index (κ3) is 3.25. The first-order valence-corrected chi connectivity index (χ1v) is 7.02. The van der Waals surface area contributed by atoms with Crippen LogP contribution in [0.1, 0.15) is 11.5 Å². The van der Waals surface area contributed by atoms with Crippen LogP contribution in [0.4, 0.5) is 5.69 Å². The summed E-state index contributed by atoms with van der Waals surface area (Å²) < 4.78 is 10.9. The summed E-state index contributed by atoms with van der Waals surface area (Å²) in [4.78, 5) is 0. The van der Waals surface area contributed by atoms with E-state index in [0.29, 0.717) is 18.3 Å². The van der Waals surface area contributed by atoms with E-state index >= 15 is 0 Å². The molecule has 0 fully saturated rings. The van der Waals surface area contributed by atoms with Gasteiger partial charge in [0.15, 0.2) is 0 Å². The number of methoxy groups -OCH3 is 1. The summed E-state index contributed by atoms with van der Waals surface area (Å²) in [5.41, 5.74) is 3.07. The Kier molecular flexibility index (Phi) is 4.05. The molecular weight excluding hydrogens is 278 g/mol. The van der Waals surface area contributed by atoms with Crippen molar-refractivity contribution < 1.29 is 9.15 Å². The lowest BCUT2D eigenvalue weighted by Crippen LogP contribution is -1.99. The third-order valence-electron chi connectivity index (χ3n) is 3.25.